The Hall–Kier alpha value is -2.10. The summed E-state index contributed by atoms with van der Waals surface area (Å²) in [5.41, 5.74) is -6.06. The van der Waals surface area contributed by atoms with Crippen LogP contribution < -0.4 is 0 Å². The van der Waals surface area contributed by atoms with Crippen LogP contribution in [0.4, 0.5) is 17.6 Å². The number of hydrogen-bond donors (Lipinski definition) is 1. The number of alkyl halides is 3. The second-order valence-electron chi connectivity index (χ2n) is 3.34. The highest BCUT2D eigenvalue weighted by Gasteiger charge is 2.49. The van der Waals surface area contributed by atoms with E-state index in [1.165, 1.54) is 0 Å². The molecule has 20 heavy (non-hydrogen) atoms. The smallest absolute Gasteiger partial charge is 0.478 e. The molecule has 0 atom stereocenters. The van der Waals surface area contributed by atoms with Gasteiger partial charge in [0.05, 0.1) is 6.08 Å². The Morgan fingerprint density at radius 2 is 1.70 bits per heavy atom. The van der Waals surface area contributed by atoms with E-state index < -0.39 is 33.2 Å². The van der Waals surface area contributed by atoms with E-state index in [9.17, 15) is 30.8 Å². The molecule has 0 aliphatic rings. The number of benzene rings is 1. The average Bonchev–Trinajstić information content (AvgIpc) is 2.26. The van der Waals surface area contributed by atoms with Gasteiger partial charge in [0.1, 0.15) is 5.82 Å². The first kappa shape index (κ1) is 16.0. The Balaban J connectivity index is 3.23. The molecule has 0 fully saturated rings. The minimum absolute atomic E-state index is 0.122. The van der Waals surface area contributed by atoms with Crippen molar-refractivity contribution in [1.82, 2.24) is 0 Å². The van der Waals surface area contributed by atoms with Crippen LogP contribution in [0, 0.1) is 5.82 Å². The van der Waals surface area contributed by atoms with Crippen molar-refractivity contribution in [2.24, 2.45) is 0 Å². The summed E-state index contributed by atoms with van der Waals surface area (Å²) in [6.07, 6.45) is 0.122. The first-order valence-electron chi connectivity index (χ1n) is 4.74. The van der Waals surface area contributed by atoms with E-state index >= 15 is 0 Å². The molecule has 0 aliphatic carbocycles. The molecule has 0 radical (unpaired) electrons. The Labute approximate surface area is 110 Å². The number of aliphatic carboxylic acids is 1. The highest BCUT2D eigenvalue weighted by atomic mass is 32.2. The molecule has 1 aromatic carbocycles. The topological polar surface area (TPSA) is 80.7 Å². The number of carboxylic acid groups (broad SMARTS) is 1. The van der Waals surface area contributed by atoms with Crippen molar-refractivity contribution >= 4 is 21.8 Å². The number of hydrogen-bond acceptors (Lipinski definition) is 4. The van der Waals surface area contributed by atoms with Crippen molar-refractivity contribution in [2.75, 3.05) is 0 Å². The molecule has 0 unspecified atom stereocenters. The Morgan fingerprint density at radius 3 is 2.10 bits per heavy atom. The number of carboxylic acids is 1. The minimum atomic E-state index is -6.03. The molecule has 110 valence electrons. The second-order valence-corrected chi connectivity index (χ2v) is 4.87. The zero-order valence-corrected chi connectivity index (χ0v) is 10.2. The number of rotatable bonds is 4. The van der Waals surface area contributed by atoms with Gasteiger partial charge in [0, 0.05) is 5.56 Å². The molecule has 1 aromatic rings. The van der Waals surface area contributed by atoms with Crippen LogP contribution in [-0.2, 0) is 19.1 Å². The lowest BCUT2D eigenvalue weighted by Crippen LogP contribution is -2.25. The third kappa shape index (κ3) is 3.95. The third-order valence-electron chi connectivity index (χ3n) is 1.87. The number of carbonyl (C=O) groups is 1. The number of halogens is 4. The van der Waals surface area contributed by atoms with E-state index in [1.807, 2.05) is 0 Å². The van der Waals surface area contributed by atoms with E-state index in [0.717, 1.165) is 24.3 Å². The molecule has 0 aromatic heterocycles. The van der Waals surface area contributed by atoms with Gasteiger partial charge in [-0.1, -0.05) is 0 Å². The van der Waals surface area contributed by atoms with Crippen molar-refractivity contribution in [3.63, 3.8) is 0 Å². The first-order chi connectivity index (χ1) is 9.03. The molecule has 10 heteroatoms. The SMILES string of the molecule is O=C(O)/C=C(/OS(=O)(=O)C(F)(F)F)c1ccc(F)cc1. The van der Waals surface area contributed by atoms with Crippen molar-refractivity contribution in [3.8, 4) is 0 Å². The lowest BCUT2D eigenvalue weighted by atomic mass is 10.2. The maximum absolute atomic E-state index is 12.7. The fourth-order valence-electron chi connectivity index (χ4n) is 1.05. The quantitative estimate of drug-likeness (QED) is 0.303. The highest BCUT2D eigenvalue weighted by molar-refractivity contribution is 7.87. The zero-order chi connectivity index (χ0) is 15.6. The van der Waals surface area contributed by atoms with Gasteiger partial charge in [0.2, 0.25) is 0 Å². The van der Waals surface area contributed by atoms with Crippen molar-refractivity contribution < 1.29 is 40.1 Å². The van der Waals surface area contributed by atoms with Crippen LogP contribution >= 0.6 is 0 Å². The summed E-state index contributed by atoms with van der Waals surface area (Å²) in [7, 11) is -6.03. The molecule has 0 spiro atoms. The van der Waals surface area contributed by atoms with Crippen LogP contribution in [0.5, 0.6) is 0 Å². The maximum Gasteiger partial charge on any atom is 0.534 e. The molecule has 1 rings (SSSR count). The highest BCUT2D eigenvalue weighted by Crippen LogP contribution is 2.29. The molecule has 0 saturated carbocycles. The standard InChI is InChI=1S/C10H6F4O5S/c11-7-3-1-6(2-4-7)8(5-9(15)16)19-20(17,18)10(12,13)14/h1-5H,(H,15,16)/b8-5+. The Morgan fingerprint density at radius 1 is 1.20 bits per heavy atom. The van der Waals surface area contributed by atoms with Crippen molar-refractivity contribution in [3.05, 3.63) is 41.7 Å². The van der Waals surface area contributed by atoms with Crippen LogP contribution in [0.2, 0.25) is 0 Å². The van der Waals surface area contributed by atoms with Crippen molar-refractivity contribution in [1.29, 1.82) is 0 Å². The van der Waals surface area contributed by atoms with E-state index in [-0.39, 0.29) is 11.6 Å². The average molecular weight is 314 g/mol. The predicted molar refractivity (Wildman–Crippen MR) is 58.1 cm³/mol. The summed E-state index contributed by atoms with van der Waals surface area (Å²) < 4.78 is 74.6. The molecule has 1 N–H and O–H groups in total. The summed E-state index contributed by atoms with van der Waals surface area (Å²) in [5, 5.41) is 8.49. The minimum Gasteiger partial charge on any atom is -0.478 e. The molecule has 0 saturated heterocycles. The summed E-state index contributed by atoms with van der Waals surface area (Å²) in [4.78, 5) is 10.5. The molecule has 5 nitrogen and oxygen atoms in total. The van der Waals surface area contributed by atoms with Gasteiger partial charge in [0.25, 0.3) is 0 Å². The monoisotopic (exact) mass is 314 g/mol. The van der Waals surface area contributed by atoms with Gasteiger partial charge in [-0.25, -0.2) is 9.18 Å². The van der Waals surface area contributed by atoms with Crippen LogP contribution in [0.3, 0.4) is 0 Å². The van der Waals surface area contributed by atoms with Crippen LogP contribution in [-0.4, -0.2) is 25.0 Å². The van der Waals surface area contributed by atoms with Gasteiger partial charge in [-0.2, -0.15) is 21.6 Å². The molecule has 0 aliphatic heterocycles. The van der Waals surface area contributed by atoms with Gasteiger partial charge in [-0.15, -0.1) is 0 Å². The zero-order valence-electron chi connectivity index (χ0n) is 9.39. The van der Waals surface area contributed by atoms with Gasteiger partial charge < -0.3 is 9.29 Å². The largest absolute Gasteiger partial charge is 0.534 e. The van der Waals surface area contributed by atoms with Crippen LogP contribution in [0.15, 0.2) is 30.3 Å². The lowest BCUT2D eigenvalue weighted by molar-refractivity contribution is -0.131. The van der Waals surface area contributed by atoms with Gasteiger partial charge in [-0.3, -0.25) is 0 Å². The first-order valence-corrected chi connectivity index (χ1v) is 6.15. The molecule has 0 heterocycles. The molecular weight excluding hydrogens is 308 g/mol. The van der Waals surface area contributed by atoms with Gasteiger partial charge >= 0.3 is 21.6 Å². The third-order valence-corrected chi connectivity index (χ3v) is 2.83. The van der Waals surface area contributed by atoms with E-state index in [0.29, 0.717) is 0 Å². The van der Waals surface area contributed by atoms with E-state index in [4.69, 9.17) is 5.11 Å². The van der Waals surface area contributed by atoms with Gasteiger partial charge in [0.15, 0.2) is 5.76 Å². The maximum atomic E-state index is 12.7. The molecule has 0 amide bonds. The molecular formula is C10H6F4O5S. The second kappa shape index (κ2) is 5.49. The van der Waals surface area contributed by atoms with Crippen LogP contribution in [0.1, 0.15) is 5.56 Å². The Kier molecular flexibility index (Phi) is 4.38. The van der Waals surface area contributed by atoms with E-state index in [1.54, 1.807) is 0 Å². The lowest BCUT2D eigenvalue weighted by Gasteiger charge is -2.12. The van der Waals surface area contributed by atoms with E-state index in [2.05, 4.69) is 4.18 Å². The predicted octanol–water partition coefficient (Wildman–Crippen LogP) is 2.12. The van der Waals surface area contributed by atoms with Gasteiger partial charge in [-0.05, 0) is 24.3 Å². The summed E-state index contributed by atoms with van der Waals surface area (Å²) >= 11 is 0. The fourth-order valence-corrected chi connectivity index (χ4v) is 1.52. The fraction of sp³-hybridized carbons (Fsp3) is 0.100. The summed E-state index contributed by atoms with van der Waals surface area (Å²) in [6.45, 7) is 0. The van der Waals surface area contributed by atoms with Crippen LogP contribution in [0.25, 0.3) is 5.76 Å². The van der Waals surface area contributed by atoms with Crippen molar-refractivity contribution in [2.45, 2.75) is 5.51 Å². The summed E-state index contributed by atoms with van der Waals surface area (Å²) in [6, 6.07) is 3.34. The summed E-state index contributed by atoms with van der Waals surface area (Å²) in [5.74, 6) is -3.57. The Bertz CT molecular complexity index is 631. The normalized spacial score (nSPS) is 13.1. The molecule has 0 bridgehead atoms.